The van der Waals surface area contributed by atoms with Crippen LogP contribution in [0.15, 0.2) is 0 Å². The first-order chi connectivity index (χ1) is 10.6. The Labute approximate surface area is 137 Å². The van der Waals surface area contributed by atoms with Crippen LogP contribution in [0.1, 0.15) is 20.8 Å². The molecule has 0 spiro atoms. The van der Waals surface area contributed by atoms with Crippen molar-refractivity contribution in [3.8, 4) is 0 Å². The van der Waals surface area contributed by atoms with Gasteiger partial charge in [-0.1, -0.05) is 0 Å². The molecule has 0 aliphatic rings. The summed E-state index contributed by atoms with van der Waals surface area (Å²) < 4.78 is 19.0. The third-order valence-corrected chi connectivity index (χ3v) is 2.82. The van der Waals surface area contributed by atoms with Crippen LogP contribution in [0.25, 0.3) is 0 Å². The molecule has 0 saturated carbocycles. The highest BCUT2D eigenvalue weighted by atomic mass is 35.5. The molecule has 0 aliphatic carbocycles. The monoisotopic (exact) mass is 354 g/mol. The van der Waals surface area contributed by atoms with Gasteiger partial charge in [0.05, 0.1) is 13.0 Å². The normalized spacial score (nSPS) is 15.6. The molecule has 23 heavy (non-hydrogen) atoms. The Hall–Kier alpha value is -1.87. The van der Waals surface area contributed by atoms with Gasteiger partial charge in [0.2, 0.25) is 0 Å². The summed E-state index contributed by atoms with van der Waals surface area (Å²) in [7, 11) is 1.00. The van der Waals surface area contributed by atoms with Gasteiger partial charge in [-0.25, -0.2) is 4.79 Å². The van der Waals surface area contributed by atoms with Crippen LogP contribution >= 0.6 is 11.6 Å². The maximum Gasteiger partial charge on any atom is 0.338 e. The van der Waals surface area contributed by atoms with Crippen molar-refractivity contribution >= 4 is 35.5 Å². The Morgan fingerprint density at radius 1 is 0.913 bits per heavy atom. The highest BCUT2D eigenvalue weighted by molar-refractivity contribution is 6.18. The molecule has 0 unspecified atom stereocenters. The number of rotatable bonds is 8. The number of esters is 4. The SMILES string of the molecule is COC(=O)[C@@H](O)[C@@H](OC(C)=O)[C@H](OC(C)=O)[C@H](CCl)OC(C)=O. The lowest BCUT2D eigenvalue weighted by Gasteiger charge is -2.32. The fourth-order valence-electron chi connectivity index (χ4n) is 1.70. The molecule has 0 aromatic rings. The molecule has 0 saturated heterocycles. The van der Waals surface area contributed by atoms with E-state index in [4.69, 9.17) is 25.8 Å². The van der Waals surface area contributed by atoms with Crippen molar-refractivity contribution in [1.29, 1.82) is 0 Å². The van der Waals surface area contributed by atoms with Crippen LogP contribution in [0.2, 0.25) is 0 Å². The second-order valence-electron chi connectivity index (χ2n) is 4.42. The molecule has 0 aromatic carbocycles. The van der Waals surface area contributed by atoms with Gasteiger partial charge >= 0.3 is 23.9 Å². The number of ether oxygens (including phenoxy) is 4. The number of aliphatic hydroxyl groups excluding tert-OH is 1. The number of alkyl halides is 1. The first-order valence-corrected chi connectivity index (χ1v) is 7.01. The van der Waals surface area contributed by atoms with Crippen molar-refractivity contribution in [2.75, 3.05) is 13.0 Å². The van der Waals surface area contributed by atoms with Crippen LogP contribution in [-0.2, 0) is 38.1 Å². The lowest BCUT2D eigenvalue weighted by molar-refractivity contribution is -0.196. The minimum atomic E-state index is -1.98. The van der Waals surface area contributed by atoms with Crippen LogP contribution < -0.4 is 0 Å². The van der Waals surface area contributed by atoms with Crippen LogP contribution in [0, 0.1) is 0 Å². The Bertz CT molecular complexity index is 451. The summed E-state index contributed by atoms with van der Waals surface area (Å²) in [6, 6.07) is 0. The van der Waals surface area contributed by atoms with Crippen molar-refractivity contribution in [3.05, 3.63) is 0 Å². The topological polar surface area (TPSA) is 125 Å². The number of aliphatic hydroxyl groups is 1. The second-order valence-corrected chi connectivity index (χ2v) is 4.73. The van der Waals surface area contributed by atoms with E-state index < -0.39 is 48.3 Å². The van der Waals surface area contributed by atoms with Crippen molar-refractivity contribution in [3.63, 3.8) is 0 Å². The van der Waals surface area contributed by atoms with Gasteiger partial charge in [0.25, 0.3) is 0 Å². The summed E-state index contributed by atoms with van der Waals surface area (Å²) in [5.74, 6) is -3.92. The molecule has 0 heterocycles. The largest absolute Gasteiger partial charge is 0.467 e. The van der Waals surface area contributed by atoms with Crippen molar-refractivity contribution in [2.45, 2.75) is 45.2 Å². The van der Waals surface area contributed by atoms with Gasteiger partial charge in [0.1, 0.15) is 0 Å². The summed E-state index contributed by atoms with van der Waals surface area (Å²) in [6.45, 7) is 3.15. The molecular formula is C13H19ClO9. The van der Waals surface area contributed by atoms with E-state index in [1.165, 1.54) is 0 Å². The van der Waals surface area contributed by atoms with Gasteiger partial charge in [0, 0.05) is 20.8 Å². The van der Waals surface area contributed by atoms with E-state index in [2.05, 4.69) is 4.74 Å². The number of methoxy groups -OCH3 is 1. The molecule has 0 bridgehead atoms. The third kappa shape index (κ3) is 7.29. The summed E-state index contributed by atoms with van der Waals surface area (Å²) in [5, 5.41) is 9.96. The van der Waals surface area contributed by atoms with Gasteiger partial charge in [-0.05, 0) is 0 Å². The zero-order valence-electron chi connectivity index (χ0n) is 13.1. The number of carbonyl (C=O) groups is 4. The highest BCUT2D eigenvalue weighted by Crippen LogP contribution is 2.19. The molecule has 10 heteroatoms. The Kier molecular flexibility index (Phi) is 9.19. The summed E-state index contributed by atoms with van der Waals surface area (Å²) in [4.78, 5) is 45.1. The van der Waals surface area contributed by atoms with Gasteiger partial charge in [-0.15, -0.1) is 11.6 Å². The molecule has 4 atom stereocenters. The van der Waals surface area contributed by atoms with E-state index >= 15 is 0 Å². The smallest absolute Gasteiger partial charge is 0.338 e. The van der Waals surface area contributed by atoms with Crippen molar-refractivity contribution < 1.29 is 43.2 Å². The van der Waals surface area contributed by atoms with Gasteiger partial charge in [0.15, 0.2) is 24.4 Å². The summed E-state index contributed by atoms with van der Waals surface area (Å²) >= 11 is 5.68. The van der Waals surface area contributed by atoms with E-state index in [1.54, 1.807) is 0 Å². The highest BCUT2D eigenvalue weighted by Gasteiger charge is 2.44. The lowest BCUT2D eigenvalue weighted by Crippen LogP contribution is -2.53. The minimum absolute atomic E-state index is 0.344. The molecule has 0 aliphatic heterocycles. The molecule has 0 radical (unpaired) electrons. The minimum Gasteiger partial charge on any atom is -0.467 e. The second kappa shape index (κ2) is 10.0. The average molecular weight is 355 g/mol. The van der Waals surface area contributed by atoms with Crippen LogP contribution in [0.3, 0.4) is 0 Å². The first-order valence-electron chi connectivity index (χ1n) is 6.47. The predicted molar refractivity (Wildman–Crippen MR) is 75.4 cm³/mol. The van der Waals surface area contributed by atoms with Crippen LogP contribution in [0.5, 0.6) is 0 Å². The lowest BCUT2D eigenvalue weighted by atomic mass is 10.0. The fourth-order valence-corrected chi connectivity index (χ4v) is 1.94. The van der Waals surface area contributed by atoms with E-state index in [9.17, 15) is 24.3 Å². The van der Waals surface area contributed by atoms with Crippen LogP contribution in [0.4, 0.5) is 0 Å². The van der Waals surface area contributed by atoms with Crippen molar-refractivity contribution in [1.82, 2.24) is 0 Å². The molecule has 1 N–H and O–H groups in total. The maximum atomic E-state index is 11.5. The van der Waals surface area contributed by atoms with Gasteiger partial charge in [-0.2, -0.15) is 0 Å². The fraction of sp³-hybridized carbons (Fsp3) is 0.692. The van der Waals surface area contributed by atoms with E-state index in [0.29, 0.717) is 0 Å². The molecule has 0 rings (SSSR count). The summed E-state index contributed by atoms with van der Waals surface area (Å²) in [6.07, 6.45) is -6.42. The molecule has 9 nitrogen and oxygen atoms in total. The number of carbonyl (C=O) groups excluding carboxylic acids is 4. The van der Waals surface area contributed by atoms with Crippen LogP contribution in [-0.4, -0.2) is 66.4 Å². The number of hydrogen-bond donors (Lipinski definition) is 1. The Morgan fingerprint density at radius 3 is 1.70 bits per heavy atom. The Morgan fingerprint density at radius 2 is 1.35 bits per heavy atom. The molecule has 132 valence electrons. The molecule has 0 amide bonds. The molecular weight excluding hydrogens is 336 g/mol. The molecule has 0 aromatic heterocycles. The van der Waals surface area contributed by atoms with E-state index in [-0.39, 0.29) is 5.88 Å². The third-order valence-electron chi connectivity index (χ3n) is 2.52. The standard InChI is InChI=1S/C13H19ClO9/c1-6(15)21-9(5-14)11(22-7(2)16)12(23-8(3)17)10(18)13(19)20-4/h9-12,18H,5H2,1-4H3/t9-,10-,11+,12+/m0/s1. The summed E-state index contributed by atoms with van der Waals surface area (Å²) in [5.41, 5.74) is 0. The predicted octanol–water partition coefficient (Wildman–Crippen LogP) is -0.446. The number of halogens is 1. The number of hydrogen-bond acceptors (Lipinski definition) is 9. The first kappa shape index (κ1) is 21.1. The van der Waals surface area contributed by atoms with Gasteiger partial charge < -0.3 is 24.1 Å². The zero-order chi connectivity index (χ0) is 18.2. The zero-order valence-corrected chi connectivity index (χ0v) is 13.9. The average Bonchev–Trinajstić information content (AvgIpc) is 2.46. The van der Waals surface area contributed by atoms with E-state index in [1.807, 2.05) is 0 Å². The van der Waals surface area contributed by atoms with E-state index in [0.717, 1.165) is 27.9 Å². The molecule has 0 fully saturated rings. The Balaban J connectivity index is 5.67. The van der Waals surface area contributed by atoms with Gasteiger partial charge in [-0.3, -0.25) is 14.4 Å². The van der Waals surface area contributed by atoms with Crippen molar-refractivity contribution in [2.24, 2.45) is 0 Å². The quantitative estimate of drug-likeness (QED) is 0.350. The maximum absolute atomic E-state index is 11.5.